The highest BCUT2D eigenvalue weighted by molar-refractivity contribution is 5.26. The third kappa shape index (κ3) is 8.67. The predicted molar refractivity (Wildman–Crippen MR) is 117 cm³/mol. The van der Waals surface area contributed by atoms with Crippen LogP contribution >= 0.6 is 0 Å². The maximum atomic E-state index is 2.21. The van der Waals surface area contributed by atoms with E-state index in [2.05, 4.69) is 100 Å². The lowest BCUT2D eigenvalue weighted by atomic mass is 10.0. The molecule has 0 aliphatic carbocycles. The molecule has 0 fully saturated rings. The SMILES string of the molecule is CCc1ccccc1.CCc1ccccc1.CCc1ccccc1CC. The highest BCUT2D eigenvalue weighted by Gasteiger charge is 1.93. The van der Waals surface area contributed by atoms with Gasteiger partial charge in [0.25, 0.3) is 0 Å². The zero-order valence-corrected chi connectivity index (χ0v) is 16.9. The molecule has 0 saturated heterocycles. The van der Waals surface area contributed by atoms with Crippen LogP contribution in [0.1, 0.15) is 49.9 Å². The minimum Gasteiger partial charge on any atom is -0.0622 e. The van der Waals surface area contributed by atoms with Gasteiger partial charge in [0, 0.05) is 0 Å². The van der Waals surface area contributed by atoms with Crippen LogP contribution in [0.15, 0.2) is 84.9 Å². The second-order valence-corrected chi connectivity index (χ2v) is 6.15. The lowest BCUT2D eigenvalue weighted by Crippen LogP contribution is -1.88. The Kier molecular flexibility index (Phi) is 11.6. The number of rotatable bonds is 4. The summed E-state index contributed by atoms with van der Waals surface area (Å²) in [5.41, 5.74) is 5.80. The molecule has 3 aromatic carbocycles. The molecule has 0 unspecified atom stereocenters. The number of aryl methyl sites for hydroxylation is 4. The quantitative estimate of drug-likeness (QED) is 0.464. The van der Waals surface area contributed by atoms with E-state index in [1.807, 2.05) is 12.1 Å². The summed E-state index contributed by atoms with van der Waals surface area (Å²) in [6.45, 7) is 8.73. The summed E-state index contributed by atoms with van der Waals surface area (Å²) in [6, 6.07) is 29.5. The predicted octanol–water partition coefficient (Wildman–Crippen LogP) is 7.31. The fourth-order valence-electron chi connectivity index (χ4n) is 2.67. The Balaban J connectivity index is 0.000000197. The van der Waals surface area contributed by atoms with Crippen LogP contribution in [-0.2, 0) is 25.7 Å². The third-order valence-corrected chi connectivity index (χ3v) is 4.38. The van der Waals surface area contributed by atoms with Crippen LogP contribution in [0.25, 0.3) is 0 Å². The summed E-state index contributed by atoms with van der Waals surface area (Å²) >= 11 is 0. The largest absolute Gasteiger partial charge is 0.0622 e. The first-order valence-corrected chi connectivity index (χ1v) is 9.89. The van der Waals surface area contributed by atoms with Gasteiger partial charge in [-0.1, -0.05) is 113 Å². The minimum absolute atomic E-state index is 1.14. The average Bonchev–Trinajstić information content (AvgIpc) is 2.75. The van der Waals surface area contributed by atoms with Gasteiger partial charge < -0.3 is 0 Å². The zero-order valence-electron chi connectivity index (χ0n) is 16.9. The zero-order chi connectivity index (χ0) is 19.0. The third-order valence-electron chi connectivity index (χ3n) is 4.38. The van der Waals surface area contributed by atoms with Gasteiger partial charge in [0.1, 0.15) is 0 Å². The molecule has 3 aromatic rings. The molecule has 0 saturated carbocycles. The van der Waals surface area contributed by atoms with E-state index in [9.17, 15) is 0 Å². The maximum Gasteiger partial charge on any atom is -0.0305 e. The van der Waals surface area contributed by atoms with Crippen LogP contribution in [0.3, 0.4) is 0 Å². The van der Waals surface area contributed by atoms with Gasteiger partial charge in [-0.3, -0.25) is 0 Å². The van der Waals surface area contributed by atoms with Crippen molar-refractivity contribution in [2.75, 3.05) is 0 Å². The van der Waals surface area contributed by atoms with Crippen LogP contribution in [0, 0.1) is 0 Å². The molecule has 0 nitrogen and oxygen atoms in total. The number of hydrogen-bond acceptors (Lipinski definition) is 0. The van der Waals surface area contributed by atoms with Gasteiger partial charge in [-0.25, -0.2) is 0 Å². The molecule has 0 aliphatic heterocycles. The van der Waals surface area contributed by atoms with Gasteiger partial charge in [-0.05, 0) is 47.9 Å². The second kappa shape index (κ2) is 13.9. The van der Waals surface area contributed by atoms with E-state index in [1.165, 1.54) is 22.3 Å². The molecule has 0 aliphatic rings. The van der Waals surface area contributed by atoms with E-state index in [0.29, 0.717) is 0 Å². The molecule has 0 atom stereocenters. The van der Waals surface area contributed by atoms with Crippen molar-refractivity contribution in [2.45, 2.75) is 53.4 Å². The molecule has 3 rings (SSSR count). The van der Waals surface area contributed by atoms with Crippen molar-refractivity contribution in [1.29, 1.82) is 0 Å². The number of benzene rings is 3. The van der Waals surface area contributed by atoms with Crippen molar-refractivity contribution >= 4 is 0 Å². The highest BCUT2D eigenvalue weighted by Crippen LogP contribution is 2.09. The van der Waals surface area contributed by atoms with Crippen molar-refractivity contribution < 1.29 is 0 Å². The van der Waals surface area contributed by atoms with Crippen LogP contribution in [-0.4, -0.2) is 0 Å². The molecule has 0 heterocycles. The molecule has 0 aromatic heterocycles. The van der Waals surface area contributed by atoms with Gasteiger partial charge in [-0.2, -0.15) is 0 Å². The van der Waals surface area contributed by atoms with E-state index in [4.69, 9.17) is 0 Å². The summed E-state index contributed by atoms with van der Waals surface area (Å²) in [4.78, 5) is 0. The fourth-order valence-corrected chi connectivity index (χ4v) is 2.67. The monoisotopic (exact) mass is 346 g/mol. The molecule has 138 valence electrons. The molecule has 0 heteroatoms. The Morgan fingerprint density at radius 2 is 0.692 bits per heavy atom. The first-order chi connectivity index (χ1) is 12.7. The Bertz CT molecular complexity index is 621. The Labute approximate surface area is 160 Å². The average molecular weight is 347 g/mol. The first kappa shape index (κ1) is 21.7. The van der Waals surface area contributed by atoms with Crippen molar-refractivity contribution in [3.8, 4) is 0 Å². The van der Waals surface area contributed by atoms with Crippen LogP contribution in [0.5, 0.6) is 0 Å². The van der Waals surface area contributed by atoms with E-state index in [0.717, 1.165) is 25.7 Å². The maximum absolute atomic E-state index is 2.21. The van der Waals surface area contributed by atoms with Gasteiger partial charge in [-0.15, -0.1) is 0 Å². The second-order valence-electron chi connectivity index (χ2n) is 6.15. The van der Waals surface area contributed by atoms with Crippen molar-refractivity contribution in [3.63, 3.8) is 0 Å². The van der Waals surface area contributed by atoms with Crippen LogP contribution in [0.4, 0.5) is 0 Å². The molecular weight excluding hydrogens is 312 g/mol. The molecule has 0 bridgehead atoms. The van der Waals surface area contributed by atoms with Crippen molar-refractivity contribution in [2.24, 2.45) is 0 Å². The smallest absolute Gasteiger partial charge is 0.0305 e. The van der Waals surface area contributed by atoms with Gasteiger partial charge >= 0.3 is 0 Å². The van der Waals surface area contributed by atoms with Gasteiger partial charge in [0.2, 0.25) is 0 Å². The molecular formula is C26H34. The van der Waals surface area contributed by atoms with E-state index in [1.54, 1.807) is 0 Å². The summed E-state index contributed by atoms with van der Waals surface area (Å²) < 4.78 is 0. The van der Waals surface area contributed by atoms with Gasteiger partial charge in [0.05, 0.1) is 0 Å². The first-order valence-electron chi connectivity index (χ1n) is 9.89. The van der Waals surface area contributed by atoms with Crippen LogP contribution < -0.4 is 0 Å². The van der Waals surface area contributed by atoms with Gasteiger partial charge in [0.15, 0.2) is 0 Å². The van der Waals surface area contributed by atoms with Crippen molar-refractivity contribution in [3.05, 3.63) is 107 Å². The van der Waals surface area contributed by atoms with E-state index in [-0.39, 0.29) is 0 Å². The molecule has 0 radical (unpaired) electrons. The lowest BCUT2D eigenvalue weighted by Gasteiger charge is -2.02. The van der Waals surface area contributed by atoms with E-state index < -0.39 is 0 Å². The topological polar surface area (TPSA) is 0 Å². The highest BCUT2D eigenvalue weighted by atomic mass is 14.0. The summed E-state index contributed by atoms with van der Waals surface area (Å²) in [5.74, 6) is 0. The Morgan fingerprint density at radius 3 is 0.923 bits per heavy atom. The Morgan fingerprint density at radius 1 is 0.385 bits per heavy atom. The lowest BCUT2D eigenvalue weighted by molar-refractivity contribution is 1.04. The molecule has 0 amide bonds. The van der Waals surface area contributed by atoms with Crippen LogP contribution in [0.2, 0.25) is 0 Å². The molecule has 0 N–H and O–H groups in total. The minimum atomic E-state index is 1.14. The summed E-state index contributed by atoms with van der Waals surface area (Å²) in [6.07, 6.45) is 4.59. The van der Waals surface area contributed by atoms with Crippen molar-refractivity contribution in [1.82, 2.24) is 0 Å². The summed E-state index contributed by atoms with van der Waals surface area (Å²) in [5, 5.41) is 0. The van der Waals surface area contributed by atoms with E-state index >= 15 is 0 Å². The fraction of sp³-hybridized carbons (Fsp3) is 0.308. The normalized spacial score (nSPS) is 9.38. The standard InChI is InChI=1S/C10H14.2C8H10/c1-3-9-7-5-6-8-10(9)4-2;2*1-2-8-6-4-3-5-7-8/h5-8H,3-4H2,1-2H3;2*3-7H,2H2,1H3. The summed E-state index contributed by atoms with van der Waals surface area (Å²) in [7, 11) is 0. The molecule has 26 heavy (non-hydrogen) atoms. The molecule has 0 spiro atoms. The number of hydrogen-bond donors (Lipinski definition) is 0. The Hall–Kier alpha value is -2.34.